The molecule has 1 aromatic carbocycles. The predicted octanol–water partition coefficient (Wildman–Crippen LogP) is 2.86. The molecule has 0 aliphatic carbocycles. The second kappa shape index (κ2) is 6.59. The van der Waals surface area contributed by atoms with Crippen LogP contribution in [0.2, 0.25) is 0 Å². The number of rotatable bonds is 5. The number of carbonyl (C=O) groups excluding carboxylic acids is 1. The van der Waals surface area contributed by atoms with Crippen molar-refractivity contribution < 1.29 is 4.79 Å². The molecule has 4 rings (SSSR count). The number of benzene rings is 1. The molecule has 0 bridgehead atoms. The number of fused-ring (bicyclic) bond motifs is 2. The molecular weight excluding hydrogens is 328 g/mol. The Morgan fingerprint density at radius 2 is 2.12 bits per heavy atom. The minimum Gasteiger partial charge on any atom is -0.352 e. The highest BCUT2D eigenvalue weighted by molar-refractivity contribution is 5.96. The first-order valence-electron chi connectivity index (χ1n) is 8.67. The highest BCUT2D eigenvalue weighted by atomic mass is 16.1. The monoisotopic (exact) mass is 348 g/mol. The molecule has 0 atom stereocenters. The zero-order valence-corrected chi connectivity index (χ0v) is 14.7. The summed E-state index contributed by atoms with van der Waals surface area (Å²) in [6, 6.07) is 9.93. The number of aromatic amines is 1. The first-order valence-corrected chi connectivity index (χ1v) is 8.67. The van der Waals surface area contributed by atoms with Gasteiger partial charge in [0.05, 0.1) is 22.8 Å². The molecule has 26 heavy (non-hydrogen) atoms. The lowest BCUT2D eigenvalue weighted by Crippen LogP contribution is -2.26. The predicted molar refractivity (Wildman–Crippen MR) is 100 cm³/mol. The third-order valence-electron chi connectivity index (χ3n) is 4.27. The van der Waals surface area contributed by atoms with Crippen molar-refractivity contribution in [2.24, 2.45) is 0 Å². The Kier molecular flexibility index (Phi) is 4.12. The highest BCUT2D eigenvalue weighted by Gasteiger charge is 2.12. The molecule has 0 unspecified atom stereocenters. The van der Waals surface area contributed by atoms with Crippen molar-refractivity contribution in [3.8, 4) is 0 Å². The summed E-state index contributed by atoms with van der Waals surface area (Å²) < 4.78 is 1.85. The van der Waals surface area contributed by atoms with Crippen LogP contribution in [-0.2, 0) is 6.42 Å². The molecule has 7 heteroatoms. The number of pyridine rings is 1. The lowest BCUT2D eigenvalue weighted by atomic mass is 10.2. The summed E-state index contributed by atoms with van der Waals surface area (Å²) in [5, 5.41) is 8.11. The van der Waals surface area contributed by atoms with E-state index in [0.29, 0.717) is 18.5 Å². The van der Waals surface area contributed by atoms with Gasteiger partial charge in [-0.1, -0.05) is 12.1 Å². The number of aromatic nitrogens is 5. The average molecular weight is 348 g/mol. The molecule has 0 saturated carbocycles. The van der Waals surface area contributed by atoms with Crippen molar-refractivity contribution in [1.82, 2.24) is 30.0 Å². The Morgan fingerprint density at radius 3 is 2.92 bits per heavy atom. The number of carbonyl (C=O) groups is 1. The van der Waals surface area contributed by atoms with E-state index in [-0.39, 0.29) is 11.9 Å². The molecule has 7 nitrogen and oxygen atoms in total. The minimum absolute atomic E-state index is 0.146. The highest BCUT2D eigenvalue weighted by Crippen LogP contribution is 2.16. The van der Waals surface area contributed by atoms with E-state index in [9.17, 15) is 4.79 Å². The molecule has 4 aromatic rings. The topological polar surface area (TPSA) is 88.5 Å². The standard InChI is InChI=1S/C19H20N6O/c1-12(2)25-18-13(11-22-25)9-14(10-21-18)19(26)20-8-7-17-23-15-5-3-4-6-16(15)24-17/h3-6,9-12H,7-8H2,1-2H3,(H,20,26)(H,23,24). The van der Waals surface area contributed by atoms with Crippen molar-refractivity contribution in [1.29, 1.82) is 0 Å². The van der Waals surface area contributed by atoms with Gasteiger partial charge < -0.3 is 10.3 Å². The van der Waals surface area contributed by atoms with Gasteiger partial charge in [0.2, 0.25) is 0 Å². The van der Waals surface area contributed by atoms with E-state index in [1.54, 1.807) is 12.4 Å². The Labute approximate surface area is 150 Å². The molecular formula is C19H20N6O. The fraction of sp³-hybridized carbons (Fsp3) is 0.263. The Balaban J connectivity index is 1.42. The molecule has 3 aromatic heterocycles. The number of hydrogen-bond donors (Lipinski definition) is 2. The van der Waals surface area contributed by atoms with E-state index in [4.69, 9.17) is 0 Å². The molecule has 132 valence electrons. The van der Waals surface area contributed by atoms with Crippen LogP contribution in [0.4, 0.5) is 0 Å². The van der Waals surface area contributed by atoms with Gasteiger partial charge in [-0.3, -0.25) is 4.79 Å². The maximum Gasteiger partial charge on any atom is 0.252 e. The van der Waals surface area contributed by atoms with Crippen LogP contribution in [0.25, 0.3) is 22.1 Å². The van der Waals surface area contributed by atoms with Gasteiger partial charge in [-0.25, -0.2) is 14.6 Å². The van der Waals surface area contributed by atoms with Gasteiger partial charge >= 0.3 is 0 Å². The van der Waals surface area contributed by atoms with E-state index in [2.05, 4.69) is 25.4 Å². The van der Waals surface area contributed by atoms with Crippen LogP contribution >= 0.6 is 0 Å². The van der Waals surface area contributed by atoms with Crippen molar-refractivity contribution >= 4 is 28.0 Å². The van der Waals surface area contributed by atoms with Crippen LogP contribution < -0.4 is 5.32 Å². The third-order valence-corrected chi connectivity index (χ3v) is 4.27. The van der Waals surface area contributed by atoms with Crippen LogP contribution in [0.1, 0.15) is 36.1 Å². The van der Waals surface area contributed by atoms with Gasteiger partial charge in [0.15, 0.2) is 5.65 Å². The van der Waals surface area contributed by atoms with E-state index >= 15 is 0 Å². The van der Waals surface area contributed by atoms with Crippen LogP contribution in [0.5, 0.6) is 0 Å². The normalized spacial score (nSPS) is 11.5. The van der Waals surface area contributed by atoms with Crippen LogP contribution in [0, 0.1) is 0 Å². The second-order valence-corrected chi connectivity index (χ2v) is 6.53. The van der Waals surface area contributed by atoms with Crippen LogP contribution in [0.15, 0.2) is 42.7 Å². The molecule has 0 radical (unpaired) electrons. The maximum absolute atomic E-state index is 12.4. The summed E-state index contributed by atoms with van der Waals surface area (Å²) in [4.78, 5) is 24.6. The number of amides is 1. The second-order valence-electron chi connectivity index (χ2n) is 6.53. The van der Waals surface area contributed by atoms with Crippen LogP contribution in [0.3, 0.4) is 0 Å². The quantitative estimate of drug-likeness (QED) is 0.580. The fourth-order valence-corrected chi connectivity index (χ4v) is 2.96. The summed E-state index contributed by atoms with van der Waals surface area (Å²) in [5.41, 5.74) is 3.26. The molecule has 3 heterocycles. The number of nitrogens with zero attached hydrogens (tertiary/aromatic N) is 4. The van der Waals surface area contributed by atoms with E-state index in [1.807, 2.05) is 48.9 Å². The molecule has 2 N–H and O–H groups in total. The summed E-state index contributed by atoms with van der Waals surface area (Å²) in [6.07, 6.45) is 3.98. The number of hydrogen-bond acceptors (Lipinski definition) is 4. The third kappa shape index (κ3) is 3.03. The number of imidazole rings is 1. The molecule has 0 aliphatic heterocycles. The summed E-state index contributed by atoms with van der Waals surface area (Å²) in [7, 11) is 0. The number of nitrogens with one attached hydrogen (secondary N) is 2. The molecule has 0 spiro atoms. The zero-order valence-electron chi connectivity index (χ0n) is 14.7. The number of para-hydroxylation sites is 2. The molecule has 1 amide bonds. The first-order chi connectivity index (χ1) is 12.6. The Hall–Kier alpha value is -3.22. The van der Waals surface area contributed by atoms with E-state index in [0.717, 1.165) is 27.9 Å². The van der Waals surface area contributed by atoms with Gasteiger partial charge in [-0.15, -0.1) is 0 Å². The molecule has 0 fully saturated rings. The smallest absolute Gasteiger partial charge is 0.252 e. The summed E-state index contributed by atoms with van der Waals surface area (Å²) in [6.45, 7) is 4.60. The average Bonchev–Trinajstić information content (AvgIpc) is 3.24. The van der Waals surface area contributed by atoms with Crippen molar-refractivity contribution in [2.45, 2.75) is 26.3 Å². The largest absolute Gasteiger partial charge is 0.352 e. The zero-order chi connectivity index (χ0) is 18.1. The fourth-order valence-electron chi connectivity index (χ4n) is 2.96. The Morgan fingerprint density at radius 1 is 1.27 bits per heavy atom. The van der Waals surface area contributed by atoms with Gasteiger partial charge in [0.1, 0.15) is 5.82 Å². The Bertz CT molecular complexity index is 1040. The van der Waals surface area contributed by atoms with E-state index in [1.165, 1.54) is 0 Å². The van der Waals surface area contributed by atoms with Gasteiger partial charge in [0, 0.05) is 30.6 Å². The van der Waals surface area contributed by atoms with Crippen molar-refractivity contribution in [3.05, 3.63) is 54.1 Å². The van der Waals surface area contributed by atoms with Crippen molar-refractivity contribution in [3.63, 3.8) is 0 Å². The molecule has 0 saturated heterocycles. The van der Waals surface area contributed by atoms with Gasteiger partial charge in [-0.05, 0) is 32.0 Å². The summed E-state index contributed by atoms with van der Waals surface area (Å²) in [5.74, 6) is 0.714. The van der Waals surface area contributed by atoms with Gasteiger partial charge in [-0.2, -0.15) is 5.10 Å². The summed E-state index contributed by atoms with van der Waals surface area (Å²) >= 11 is 0. The van der Waals surface area contributed by atoms with Crippen molar-refractivity contribution in [2.75, 3.05) is 6.54 Å². The van der Waals surface area contributed by atoms with E-state index < -0.39 is 0 Å². The van der Waals surface area contributed by atoms with Gasteiger partial charge in [0.25, 0.3) is 5.91 Å². The maximum atomic E-state index is 12.4. The molecule has 0 aliphatic rings. The lowest BCUT2D eigenvalue weighted by molar-refractivity contribution is 0.0954. The lowest BCUT2D eigenvalue weighted by Gasteiger charge is -2.07. The minimum atomic E-state index is -0.146. The first kappa shape index (κ1) is 16.3. The number of H-pyrrole nitrogens is 1. The SMILES string of the molecule is CC(C)n1ncc2cc(C(=O)NCCc3nc4ccccc4[nH]3)cnc21. The van der Waals surface area contributed by atoms with Crippen LogP contribution in [-0.4, -0.2) is 37.2 Å².